The van der Waals surface area contributed by atoms with Gasteiger partial charge in [-0.15, -0.1) is 6.42 Å². The van der Waals surface area contributed by atoms with Crippen LogP contribution in [-0.4, -0.2) is 24.6 Å². The molecule has 0 aromatic heterocycles. The molecule has 0 aliphatic heterocycles. The first-order chi connectivity index (χ1) is 13.4. The molecule has 0 spiro atoms. The summed E-state index contributed by atoms with van der Waals surface area (Å²) in [6.45, 7) is 3.98. The van der Waals surface area contributed by atoms with E-state index < -0.39 is 11.8 Å². The monoisotopic (exact) mass is 441 g/mol. The van der Waals surface area contributed by atoms with Crippen LogP contribution in [0, 0.1) is 26.2 Å². The molecule has 7 heteroatoms. The number of rotatable bonds is 7. The second-order valence-electron chi connectivity index (χ2n) is 6.01. The van der Waals surface area contributed by atoms with E-state index in [2.05, 4.69) is 37.7 Å². The Hall–Kier alpha value is -3.11. The van der Waals surface area contributed by atoms with Crippen molar-refractivity contribution in [3.8, 4) is 18.1 Å². The number of hydrazone groups is 1. The molecule has 0 aliphatic carbocycles. The second-order valence-corrected chi connectivity index (χ2v) is 6.93. The van der Waals surface area contributed by atoms with E-state index in [9.17, 15) is 9.59 Å². The van der Waals surface area contributed by atoms with Crippen LogP contribution in [0.2, 0.25) is 0 Å². The molecule has 0 radical (unpaired) electrons. The number of hydrogen-bond acceptors (Lipinski definition) is 4. The highest BCUT2D eigenvalue weighted by atomic mass is 79.9. The Morgan fingerprint density at radius 2 is 2.00 bits per heavy atom. The maximum Gasteiger partial charge on any atom is 0.249 e. The van der Waals surface area contributed by atoms with Gasteiger partial charge in [-0.2, -0.15) is 5.10 Å². The summed E-state index contributed by atoms with van der Waals surface area (Å²) in [6.07, 6.45) is 6.29. The van der Waals surface area contributed by atoms with Crippen molar-refractivity contribution in [3.63, 3.8) is 0 Å². The van der Waals surface area contributed by atoms with Gasteiger partial charge in [0.15, 0.2) is 0 Å². The first-order valence-corrected chi connectivity index (χ1v) is 9.23. The van der Waals surface area contributed by atoms with Gasteiger partial charge in [-0.1, -0.05) is 39.5 Å². The van der Waals surface area contributed by atoms with Crippen LogP contribution in [-0.2, 0) is 9.59 Å². The van der Waals surface area contributed by atoms with Crippen LogP contribution in [0.5, 0.6) is 5.75 Å². The number of hydrogen-bond donors (Lipinski definition) is 2. The molecule has 144 valence electrons. The molecule has 2 aromatic carbocycles. The molecule has 2 N–H and O–H groups in total. The smallest absolute Gasteiger partial charge is 0.249 e. The molecular weight excluding hydrogens is 422 g/mol. The molecule has 0 heterocycles. The van der Waals surface area contributed by atoms with E-state index in [1.165, 1.54) is 6.21 Å². The third kappa shape index (κ3) is 6.56. The third-order valence-corrected chi connectivity index (χ3v) is 4.15. The fourth-order valence-electron chi connectivity index (χ4n) is 2.38. The van der Waals surface area contributed by atoms with E-state index in [4.69, 9.17) is 11.2 Å². The normalized spacial score (nSPS) is 10.4. The summed E-state index contributed by atoms with van der Waals surface area (Å²) >= 11 is 3.36. The minimum absolute atomic E-state index is 0.118. The summed E-state index contributed by atoms with van der Waals surface area (Å²) in [7, 11) is 0. The Labute approximate surface area is 172 Å². The molecule has 6 nitrogen and oxygen atoms in total. The van der Waals surface area contributed by atoms with E-state index in [0.29, 0.717) is 17.0 Å². The summed E-state index contributed by atoms with van der Waals surface area (Å²) in [5.41, 5.74) is 5.67. The molecule has 0 unspecified atom stereocenters. The predicted octanol–water partition coefficient (Wildman–Crippen LogP) is 3.56. The average molecular weight is 442 g/mol. The molecule has 2 rings (SSSR count). The van der Waals surface area contributed by atoms with Gasteiger partial charge < -0.3 is 10.1 Å². The van der Waals surface area contributed by atoms with Gasteiger partial charge in [0.1, 0.15) is 18.8 Å². The van der Waals surface area contributed by atoms with E-state index in [1.807, 2.05) is 32.0 Å². The van der Waals surface area contributed by atoms with Crippen LogP contribution in [0.3, 0.4) is 0 Å². The van der Waals surface area contributed by atoms with Crippen molar-refractivity contribution < 1.29 is 14.3 Å². The summed E-state index contributed by atoms with van der Waals surface area (Å²) in [4.78, 5) is 24.0. The second kappa shape index (κ2) is 10.3. The highest BCUT2D eigenvalue weighted by molar-refractivity contribution is 9.10. The Morgan fingerprint density at radius 1 is 1.21 bits per heavy atom. The number of nitrogens with one attached hydrogen (secondary N) is 2. The van der Waals surface area contributed by atoms with Gasteiger partial charge in [-0.05, 0) is 43.7 Å². The minimum Gasteiger partial charge on any atom is -0.480 e. The summed E-state index contributed by atoms with van der Waals surface area (Å²) in [6, 6.07) is 11.0. The van der Waals surface area contributed by atoms with Crippen LogP contribution >= 0.6 is 15.9 Å². The number of halogens is 1. The lowest BCUT2D eigenvalue weighted by molar-refractivity contribution is -0.126. The van der Waals surface area contributed by atoms with Gasteiger partial charge in [0.2, 0.25) is 11.8 Å². The van der Waals surface area contributed by atoms with E-state index in [-0.39, 0.29) is 13.0 Å². The number of carbonyl (C=O) groups excluding carboxylic acids is 2. The zero-order valence-electron chi connectivity index (χ0n) is 15.6. The van der Waals surface area contributed by atoms with Crippen molar-refractivity contribution in [2.75, 3.05) is 11.9 Å². The van der Waals surface area contributed by atoms with Gasteiger partial charge in [-0.3, -0.25) is 9.59 Å². The Morgan fingerprint density at radius 3 is 2.71 bits per heavy atom. The molecule has 28 heavy (non-hydrogen) atoms. The third-order valence-electron chi connectivity index (χ3n) is 3.65. The molecule has 2 amide bonds. The number of ether oxygens (including phenoxy) is 1. The highest BCUT2D eigenvalue weighted by Crippen LogP contribution is 2.21. The molecule has 0 aliphatic rings. The standard InChI is InChI=1S/C21H20BrN3O3/c1-4-9-28-19-8-6-17(22)11-16(19)13-23-25-21(27)12-20(26)24-18-7-5-14(2)10-15(18)3/h1,5-8,10-11,13H,9,12H2,2-3H3,(H,24,26)(H,25,27). The van der Waals surface area contributed by atoms with E-state index in [0.717, 1.165) is 15.6 Å². The van der Waals surface area contributed by atoms with Gasteiger partial charge in [0.05, 0.1) is 6.21 Å². The maximum absolute atomic E-state index is 12.0. The fraction of sp³-hybridized carbons (Fsp3) is 0.190. The largest absolute Gasteiger partial charge is 0.480 e. The first-order valence-electron chi connectivity index (χ1n) is 8.44. The molecule has 0 fully saturated rings. The van der Waals surface area contributed by atoms with Gasteiger partial charge in [0.25, 0.3) is 0 Å². The Bertz CT molecular complexity index is 948. The van der Waals surface area contributed by atoms with Crippen molar-refractivity contribution in [1.82, 2.24) is 5.43 Å². The summed E-state index contributed by atoms with van der Waals surface area (Å²) < 4.78 is 6.24. The van der Waals surface area contributed by atoms with Gasteiger partial charge in [0, 0.05) is 15.7 Å². The number of terminal acetylenes is 1. The van der Waals surface area contributed by atoms with Crippen LogP contribution in [0.15, 0.2) is 46.0 Å². The van der Waals surface area contributed by atoms with Gasteiger partial charge >= 0.3 is 0 Å². The van der Waals surface area contributed by atoms with Crippen molar-refractivity contribution in [2.24, 2.45) is 5.10 Å². The van der Waals surface area contributed by atoms with Crippen molar-refractivity contribution >= 4 is 39.6 Å². The van der Waals surface area contributed by atoms with Crippen LogP contribution in [0.25, 0.3) is 0 Å². The number of nitrogens with zero attached hydrogens (tertiary/aromatic N) is 1. The number of carbonyl (C=O) groups is 2. The van der Waals surface area contributed by atoms with Crippen molar-refractivity contribution in [2.45, 2.75) is 20.3 Å². The highest BCUT2D eigenvalue weighted by Gasteiger charge is 2.10. The molecule has 2 aromatic rings. The van der Waals surface area contributed by atoms with Crippen LogP contribution in [0.4, 0.5) is 5.69 Å². The van der Waals surface area contributed by atoms with Gasteiger partial charge in [-0.25, -0.2) is 5.43 Å². The number of amides is 2. The Balaban J connectivity index is 1.92. The lowest BCUT2D eigenvalue weighted by atomic mass is 10.1. The maximum atomic E-state index is 12.0. The molecular formula is C21H20BrN3O3. The molecule has 0 saturated carbocycles. The Kier molecular flexibility index (Phi) is 7.78. The predicted molar refractivity (Wildman–Crippen MR) is 113 cm³/mol. The molecule has 0 saturated heterocycles. The lowest BCUT2D eigenvalue weighted by Crippen LogP contribution is -2.24. The first kappa shape index (κ1) is 21.2. The zero-order chi connectivity index (χ0) is 20.5. The van der Waals surface area contributed by atoms with E-state index >= 15 is 0 Å². The number of benzene rings is 2. The quantitative estimate of drug-likeness (QED) is 0.298. The van der Waals surface area contributed by atoms with Crippen LogP contribution < -0.4 is 15.5 Å². The van der Waals surface area contributed by atoms with E-state index in [1.54, 1.807) is 18.2 Å². The number of aryl methyl sites for hydroxylation is 2. The molecule has 0 atom stereocenters. The fourth-order valence-corrected chi connectivity index (χ4v) is 2.76. The van der Waals surface area contributed by atoms with Crippen molar-refractivity contribution in [1.29, 1.82) is 0 Å². The summed E-state index contributed by atoms with van der Waals surface area (Å²) in [5.74, 6) is 1.98. The summed E-state index contributed by atoms with van der Waals surface area (Å²) in [5, 5.41) is 6.60. The number of anilines is 1. The van der Waals surface area contributed by atoms with Crippen molar-refractivity contribution in [3.05, 3.63) is 57.6 Å². The lowest BCUT2D eigenvalue weighted by Gasteiger charge is -2.09. The zero-order valence-corrected chi connectivity index (χ0v) is 17.2. The topological polar surface area (TPSA) is 79.8 Å². The molecule has 0 bridgehead atoms. The van der Waals surface area contributed by atoms with Crippen LogP contribution in [0.1, 0.15) is 23.1 Å². The SMILES string of the molecule is C#CCOc1ccc(Br)cc1C=NNC(=O)CC(=O)Nc1ccc(C)cc1C. The average Bonchev–Trinajstić information content (AvgIpc) is 2.63. The minimum atomic E-state index is -0.528.